The number of hydrogen-bond donors (Lipinski definition) is 5. The van der Waals surface area contributed by atoms with Crippen LogP contribution in [0.15, 0.2) is 0 Å². The van der Waals surface area contributed by atoms with E-state index in [0.717, 1.165) is 0 Å². The number of alkyl halides is 3. The van der Waals surface area contributed by atoms with E-state index in [2.05, 4.69) is 0 Å². The zero-order chi connectivity index (χ0) is 14.4. The molecule has 5 N–H and O–H groups in total. The molecule has 2 atom stereocenters. The van der Waals surface area contributed by atoms with Crippen molar-refractivity contribution in [1.29, 1.82) is 0 Å². The second kappa shape index (κ2) is 6.65. The Morgan fingerprint density at radius 3 is 1.06 bits per heavy atom. The second-order valence-corrected chi connectivity index (χ2v) is 2.37. The summed E-state index contributed by atoms with van der Waals surface area (Å²) in [6.07, 6.45) is -9.62. The van der Waals surface area contributed by atoms with Crippen molar-refractivity contribution < 1.29 is 53.1 Å². The Kier molecular flexibility index (Phi) is 6.85. The van der Waals surface area contributed by atoms with Gasteiger partial charge in [0, 0.05) is 0 Å². The van der Waals surface area contributed by atoms with Crippen molar-refractivity contribution in [3.63, 3.8) is 0 Å². The monoisotopic (exact) mass is 264 g/mol. The third-order valence-corrected chi connectivity index (χ3v) is 1.05. The van der Waals surface area contributed by atoms with Gasteiger partial charge in [0.05, 0.1) is 0 Å². The molecule has 0 aliphatic heterocycles. The first-order valence-electron chi connectivity index (χ1n) is 3.53. The summed E-state index contributed by atoms with van der Waals surface area (Å²) in [6, 6.07) is 0. The average Bonchev–Trinajstić information content (AvgIpc) is 2.14. The fourth-order valence-corrected chi connectivity index (χ4v) is 0.270. The lowest BCUT2D eigenvalue weighted by Gasteiger charge is -2.07. The predicted octanol–water partition coefficient (Wildman–Crippen LogP) is -1.49. The Balaban J connectivity index is 0. The molecule has 2 unspecified atom stereocenters. The molecule has 0 aromatic carbocycles. The highest BCUT2D eigenvalue weighted by Crippen LogP contribution is 2.13. The quantitative estimate of drug-likeness (QED) is 0.413. The van der Waals surface area contributed by atoms with Crippen LogP contribution in [0.4, 0.5) is 13.2 Å². The SMILES string of the molecule is O=C(O)C(F)(F)F.O=C(O)C(O)C(O)C(=O)O. The molecule has 0 aliphatic carbocycles. The summed E-state index contributed by atoms with van der Waals surface area (Å²) in [4.78, 5) is 28.4. The van der Waals surface area contributed by atoms with Crippen LogP contribution in [-0.4, -0.2) is 61.8 Å². The van der Waals surface area contributed by atoms with Gasteiger partial charge in [-0.15, -0.1) is 0 Å². The lowest BCUT2D eigenvalue weighted by atomic mass is 10.2. The predicted molar refractivity (Wildman–Crippen MR) is 41.0 cm³/mol. The Morgan fingerprint density at radius 1 is 0.824 bits per heavy atom. The summed E-state index contributed by atoms with van der Waals surface area (Å²) in [7, 11) is 0. The largest absolute Gasteiger partial charge is 0.490 e. The fraction of sp³-hybridized carbons (Fsp3) is 0.500. The number of aliphatic carboxylic acids is 3. The van der Waals surface area contributed by atoms with Crippen molar-refractivity contribution in [3.8, 4) is 0 Å². The molecule has 17 heavy (non-hydrogen) atoms. The molecule has 0 aliphatic rings. The minimum absolute atomic E-state index is 1.77. The first kappa shape index (κ1) is 17.5. The Bertz CT molecular complexity index is 280. The Labute approximate surface area is 90.5 Å². The second-order valence-electron chi connectivity index (χ2n) is 2.37. The molecule has 0 fully saturated rings. The van der Waals surface area contributed by atoms with Gasteiger partial charge in [0.15, 0.2) is 12.2 Å². The zero-order valence-corrected chi connectivity index (χ0v) is 7.75. The number of hydrogen-bond acceptors (Lipinski definition) is 5. The number of carbonyl (C=O) groups is 3. The van der Waals surface area contributed by atoms with Crippen LogP contribution in [0.25, 0.3) is 0 Å². The van der Waals surface area contributed by atoms with Crippen LogP contribution < -0.4 is 0 Å². The van der Waals surface area contributed by atoms with Crippen LogP contribution in [-0.2, 0) is 14.4 Å². The van der Waals surface area contributed by atoms with Gasteiger partial charge >= 0.3 is 24.1 Å². The molecular weight excluding hydrogens is 257 g/mol. The number of rotatable bonds is 3. The van der Waals surface area contributed by atoms with E-state index in [9.17, 15) is 22.8 Å². The summed E-state index contributed by atoms with van der Waals surface area (Å²) in [6.45, 7) is 0. The number of carboxylic acid groups (broad SMARTS) is 3. The number of carboxylic acids is 3. The van der Waals surface area contributed by atoms with Crippen LogP contribution in [0.5, 0.6) is 0 Å². The normalized spacial score (nSPS) is 13.9. The molecule has 0 saturated heterocycles. The maximum atomic E-state index is 10.6. The average molecular weight is 264 g/mol. The fourth-order valence-electron chi connectivity index (χ4n) is 0.270. The van der Waals surface area contributed by atoms with E-state index >= 15 is 0 Å². The highest BCUT2D eigenvalue weighted by Gasteiger charge is 2.38. The minimum Gasteiger partial charge on any atom is -0.479 e. The topological polar surface area (TPSA) is 152 Å². The molecule has 11 heteroatoms. The summed E-state index contributed by atoms with van der Waals surface area (Å²) < 4.78 is 31.7. The van der Waals surface area contributed by atoms with E-state index in [1.54, 1.807) is 0 Å². The lowest BCUT2D eigenvalue weighted by Crippen LogP contribution is -2.39. The van der Waals surface area contributed by atoms with Crippen molar-refractivity contribution in [3.05, 3.63) is 0 Å². The van der Waals surface area contributed by atoms with Crippen LogP contribution in [0.2, 0.25) is 0 Å². The van der Waals surface area contributed by atoms with Gasteiger partial charge in [0.25, 0.3) is 0 Å². The molecule has 0 bridgehead atoms. The van der Waals surface area contributed by atoms with E-state index in [0.29, 0.717) is 0 Å². The summed E-state index contributed by atoms with van der Waals surface area (Å²) >= 11 is 0. The minimum atomic E-state index is -5.08. The summed E-state index contributed by atoms with van der Waals surface area (Å²) in [5.41, 5.74) is 0. The van der Waals surface area contributed by atoms with Gasteiger partial charge in [0.1, 0.15) is 0 Å². The zero-order valence-electron chi connectivity index (χ0n) is 7.75. The standard InChI is InChI=1S/C4H6O6.C2HF3O2/c5-1(3(7)8)2(6)4(9)10;3-2(4,5)1(6)7/h1-2,5-6H,(H,7,8)(H,9,10);(H,6,7). The first-order valence-corrected chi connectivity index (χ1v) is 3.53. The van der Waals surface area contributed by atoms with Gasteiger partial charge in [-0.05, 0) is 0 Å². The first-order chi connectivity index (χ1) is 7.41. The van der Waals surface area contributed by atoms with Crippen LogP contribution in [0, 0.1) is 0 Å². The highest BCUT2D eigenvalue weighted by molar-refractivity contribution is 5.83. The van der Waals surface area contributed by atoms with E-state index in [-0.39, 0.29) is 0 Å². The van der Waals surface area contributed by atoms with Gasteiger partial charge in [-0.3, -0.25) is 0 Å². The van der Waals surface area contributed by atoms with Crippen molar-refractivity contribution in [1.82, 2.24) is 0 Å². The molecule has 8 nitrogen and oxygen atoms in total. The van der Waals surface area contributed by atoms with Gasteiger partial charge < -0.3 is 25.5 Å². The Hall–Kier alpha value is -1.88. The third-order valence-electron chi connectivity index (χ3n) is 1.05. The molecule has 0 heterocycles. The summed E-state index contributed by atoms with van der Waals surface area (Å²) in [5, 5.41) is 39.7. The van der Waals surface area contributed by atoms with Crippen molar-refractivity contribution >= 4 is 17.9 Å². The maximum Gasteiger partial charge on any atom is 0.490 e. The van der Waals surface area contributed by atoms with Crippen LogP contribution in [0.1, 0.15) is 0 Å². The van der Waals surface area contributed by atoms with Crippen LogP contribution >= 0.6 is 0 Å². The van der Waals surface area contributed by atoms with Gasteiger partial charge in [-0.2, -0.15) is 13.2 Å². The van der Waals surface area contributed by atoms with Gasteiger partial charge in [0.2, 0.25) is 0 Å². The molecule has 0 amide bonds. The van der Waals surface area contributed by atoms with E-state index in [1.807, 2.05) is 0 Å². The lowest BCUT2D eigenvalue weighted by molar-refractivity contribution is -0.192. The highest BCUT2D eigenvalue weighted by atomic mass is 19.4. The van der Waals surface area contributed by atoms with Crippen molar-refractivity contribution in [2.45, 2.75) is 18.4 Å². The molecule has 0 saturated carbocycles. The summed E-state index contributed by atoms with van der Waals surface area (Å²) in [5.74, 6) is -6.29. The molecule has 0 aromatic rings. The van der Waals surface area contributed by atoms with Gasteiger partial charge in [-0.25, -0.2) is 14.4 Å². The van der Waals surface area contributed by atoms with Crippen LogP contribution in [0.3, 0.4) is 0 Å². The van der Waals surface area contributed by atoms with E-state index in [1.165, 1.54) is 0 Å². The van der Waals surface area contributed by atoms with Gasteiger partial charge in [-0.1, -0.05) is 0 Å². The number of aliphatic hydroxyl groups is 2. The molecule has 0 rings (SSSR count). The third kappa shape index (κ3) is 7.98. The van der Waals surface area contributed by atoms with E-state index < -0.39 is 36.3 Å². The molecular formula is C6H7F3O8. The maximum absolute atomic E-state index is 10.6. The molecule has 0 spiro atoms. The number of aliphatic hydroxyl groups excluding tert-OH is 2. The van der Waals surface area contributed by atoms with Crippen molar-refractivity contribution in [2.24, 2.45) is 0 Å². The number of halogens is 3. The Morgan fingerprint density at radius 2 is 1.00 bits per heavy atom. The smallest absolute Gasteiger partial charge is 0.479 e. The molecule has 0 radical (unpaired) electrons. The van der Waals surface area contributed by atoms with Crippen molar-refractivity contribution in [2.75, 3.05) is 0 Å². The van der Waals surface area contributed by atoms with E-state index in [4.69, 9.17) is 30.3 Å². The molecule has 0 aromatic heterocycles. The molecule has 100 valence electrons.